The first kappa shape index (κ1) is 19.7. The number of fused-ring (bicyclic) bond motifs is 1. The van der Waals surface area contributed by atoms with Crippen LogP contribution >= 0.6 is 0 Å². The average Bonchev–Trinajstić information content (AvgIpc) is 3.50. The van der Waals surface area contributed by atoms with Crippen LogP contribution in [-0.2, 0) is 6.54 Å². The number of amides is 1. The molecule has 4 aromatic rings. The Morgan fingerprint density at radius 2 is 1.97 bits per heavy atom. The van der Waals surface area contributed by atoms with Gasteiger partial charge in [0.1, 0.15) is 22.9 Å². The maximum absolute atomic E-state index is 13.4. The van der Waals surface area contributed by atoms with E-state index in [4.69, 9.17) is 9.15 Å². The summed E-state index contributed by atoms with van der Waals surface area (Å²) in [5, 5.41) is 27.9. The van der Waals surface area contributed by atoms with Gasteiger partial charge in [-0.15, -0.1) is 0 Å². The highest BCUT2D eigenvalue weighted by molar-refractivity contribution is 6.00. The summed E-state index contributed by atoms with van der Waals surface area (Å²) < 4.78 is 10.8. The number of benzene rings is 2. The molecule has 8 heteroatoms. The Bertz CT molecular complexity index is 1310. The topological polar surface area (TPSA) is 112 Å². The molecule has 162 valence electrons. The van der Waals surface area contributed by atoms with Crippen LogP contribution in [0.4, 0.5) is 0 Å². The van der Waals surface area contributed by atoms with E-state index in [9.17, 15) is 15.0 Å². The molecule has 1 aliphatic rings. The lowest BCUT2D eigenvalue weighted by molar-refractivity contribution is 0.0717. The second-order valence-electron chi connectivity index (χ2n) is 7.73. The zero-order chi connectivity index (χ0) is 22.4. The number of phenols is 2. The van der Waals surface area contributed by atoms with Crippen molar-refractivity contribution in [3.63, 3.8) is 0 Å². The van der Waals surface area contributed by atoms with Gasteiger partial charge in [0.15, 0.2) is 11.5 Å². The van der Waals surface area contributed by atoms with Crippen LogP contribution in [0.25, 0.3) is 11.3 Å². The third-order valence-corrected chi connectivity index (χ3v) is 5.70. The monoisotopic (exact) mass is 431 g/mol. The number of nitrogens with zero attached hydrogens (tertiary/aromatic N) is 2. The second-order valence-corrected chi connectivity index (χ2v) is 7.73. The number of carbonyl (C=O) groups excluding carboxylic acids is 1. The Kier molecular flexibility index (Phi) is 4.62. The molecule has 1 amide bonds. The van der Waals surface area contributed by atoms with Crippen molar-refractivity contribution in [2.75, 3.05) is 7.11 Å². The molecule has 0 saturated heterocycles. The first-order valence-corrected chi connectivity index (χ1v) is 10.1. The molecule has 3 heterocycles. The number of hydrogen-bond donors (Lipinski definition) is 3. The molecule has 0 fully saturated rings. The number of rotatable bonds is 5. The van der Waals surface area contributed by atoms with Gasteiger partial charge in [-0.2, -0.15) is 5.10 Å². The van der Waals surface area contributed by atoms with Crippen LogP contribution in [0.5, 0.6) is 17.2 Å². The van der Waals surface area contributed by atoms with Crippen molar-refractivity contribution in [1.29, 1.82) is 0 Å². The SMILES string of the molecule is COc1cc([C@@H]2c3c(-c4cc(C)ccc4O)n[nH]c3C(=O)N2Cc2ccco2)ccc1O. The number of phenolic OH excluding ortho intramolecular Hbond substituents is 2. The van der Waals surface area contributed by atoms with Crippen molar-refractivity contribution < 1.29 is 24.2 Å². The Labute approximate surface area is 183 Å². The summed E-state index contributed by atoms with van der Waals surface area (Å²) >= 11 is 0. The van der Waals surface area contributed by atoms with Gasteiger partial charge in [0.2, 0.25) is 0 Å². The van der Waals surface area contributed by atoms with Crippen LogP contribution < -0.4 is 4.74 Å². The van der Waals surface area contributed by atoms with Crippen molar-refractivity contribution in [3.8, 4) is 28.5 Å². The molecule has 1 aliphatic heterocycles. The third-order valence-electron chi connectivity index (χ3n) is 5.70. The second kappa shape index (κ2) is 7.49. The van der Waals surface area contributed by atoms with Crippen LogP contribution in [0.15, 0.2) is 59.2 Å². The van der Waals surface area contributed by atoms with Crippen molar-refractivity contribution in [2.45, 2.75) is 19.5 Å². The van der Waals surface area contributed by atoms with E-state index in [1.165, 1.54) is 13.2 Å². The summed E-state index contributed by atoms with van der Waals surface area (Å²) in [6.45, 7) is 2.16. The van der Waals surface area contributed by atoms with E-state index < -0.39 is 6.04 Å². The number of hydrogen-bond acceptors (Lipinski definition) is 6. The van der Waals surface area contributed by atoms with E-state index in [2.05, 4.69) is 10.2 Å². The average molecular weight is 431 g/mol. The summed E-state index contributed by atoms with van der Waals surface area (Å²) in [4.78, 5) is 15.1. The van der Waals surface area contributed by atoms with Gasteiger partial charge in [0.25, 0.3) is 5.91 Å². The molecule has 0 aliphatic carbocycles. The molecular formula is C24H21N3O5. The molecule has 5 rings (SSSR count). The van der Waals surface area contributed by atoms with Gasteiger partial charge in [0, 0.05) is 11.1 Å². The molecule has 2 aromatic carbocycles. The van der Waals surface area contributed by atoms with Gasteiger partial charge in [-0.25, -0.2) is 0 Å². The molecule has 3 N–H and O–H groups in total. The smallest absolute Gasteiger partial charge is 0.273 e. The van der Waals surface area contributed by atoms with Gasteiger partial charge in [0.05, 0.1) is 26.0 Å². The maximum atomic E-state index is 13.4. The highest BCUT2D eigenvalue weighted by atomic mass is 16.5. The molecule has 0 unspecified atom stereocenters. The summed E-state index contributed by atoms with van der Waals surface area (Å²) in [6, 6.07) is 13.3. The van der Waals surface area contributed by atoms with E-state index in [1.54, 1.807) is 41.5 Å². The zero-order valence-electron chi connectivity index (χ0n) is 17.5. The van der Waals surface area contributed by atoms with Crippen molar-refractivity contribution >= 4 is 5.91 Å². The fourth-order valence-corrected chi connectivity index (χ4v) is 4.19. The summed E-state index contributed by atoms with van der Waals surface area (Å²) in [6.07, 6.45) is 1.56. The van der Waals surface area contributed by atoms with E-state index in [0.29, 0.717) is 34.0 Å². The number of furan rings is 1. The normalized spacial score (nSPS) is 15.2. The molecule has 0 bridgehead atoms. The van der Waals surface area contributed by atoms with Crippen molar-refractivity contribution in [2.24, 2.45) is 0 Å². The lowest BCUT2D eigenvalue weighted by Crippen LogP contribution is -2.29. The molecule has 1 atom stereocenters. The fourth-order valence-electron chi connectivity index (χ4n) is 4.19. The lowest BCUT2D eigenvalue weighted by Gasteiger charge is -2.26. The number of nitrogens with one attached hydrogen (secondary N) is 1. The number of methoxy groups -OCH3 is 1. The number of aromatic nitrogens is 2. The maximum Gasteiger partial charge on any atom is 0.273 e. The molecule has 8 nitrogen and oxygen atoms in total. The first-order valence-electron chi connectivity index (χ1n) is 10.1. The highest BCUT2D eigenvalue weighted by Crippen LogP contribution is 2.46. The Morgan fingerprint density at radius 1 is 1.16 bits per heavy atom. The van der Waals surface area contributed by atoms with Gasteiger partial charge in [-0.1, -0.05) is 17.7 Å². The van der Waals surface area contributed by atoms with Crippen LogP contribution in [0.1, 0.15) is 39.0 Å². The predicted octanol–water partition coefficient (Wildman–Crippen LogP) is 4.14. The minimum Gasteiger partial charge on any atom is -0.507 e. The number of ether oxygens (including phenoxy) is 1. The van der Waals surface area contributed by atoms with Crippen LogP contribution in [-0.4, -0.2) is 38.3 Å². The largest absolute Gasteiger partial charge is 0.507 e. The van der Waals surface area contributed by atoms with Gasteiger partial charge in [-0.3, -0.25) is 9.89 Å². The number of aryl methyl sites for hydroxylation is 1. The van der Waals surface area contributed by atoms with E-state index in [-0.39, 0.29) is 24.0 Å². The van der Waals surface area contributed by atoms with E-state index in [0.717, 1.165) is 11.1 Å². The minimum absolute atomic E-state index is 0.00197. The number of H-pyrrole nitrogens is 1. The summed E-state index contributed by atoms with van der Waals surface area (Å²) in [5.41, 5.74) is 3.71. The molecule has 0 spiro atoms. The summed E-state index contributed by atoms with van der Waals surface area (Å²) in [5.74, 6) is 0.766. The first-order chi connectivity index (χ1) is 15.5. The van der Waals surface area contributed by atoms with Gasteiger partial charge in [-0.05, 0) is 48.9 Å². The van der Waals surface area contributed by atoms with E-state index >= 15 is 0 Å². The zero-order valence-corrected chi connectivity index (χ0v) is 17.5. The lowest BCUT2D eigenvalue weighted by atomic mass is 9.94. The quantitative estimate of drug-likeness (QED) is 0.438. The Morgan fingerprint density at radius 3 is 2.72 bits per heavy atom. The van der Waals surface area contributed by atoms with Crippen molar-refractivity contribution in [1.82, 2.24) is 15.1 Å². The predicted molar refractivity (Wildman–Crippen MR) is 116 cm³/mol. The number of aromatic hydroxyl groups is 2. The molecule has 2 aromatic heterocycles. The molecule has 0 saturated carbocycles. The summed E-state index contributed by atoms with van der Waals surface area (Å²) in [7, 11) is 1.47. The minimum atomic E-state index is -0.536. The standard InChI is InChI=1S/C24H21N3O5/c1-13-5-7-17(28)16(10-13)21-20-22(26-25-21)24(30)27(12-15-4-3-9-32-15)23(20)14-6-8-18(29)19(11-14)31-2/h3-11,23,28-29H,12H2,1-2H3,(H,25,26)/t23-/m1/s1. The molecular weight excluding hydrogens is 410 g/mol. The molecule has 32 heavy (non-hydrogen) atoms. The van der Waals surface area contributed by atoms with Crippen LogP contribution in [0, 0.1) is 6.92 Å². The Balaban J connectivity index is 1.70. The van der Waals surface area contributed by atoms with Crippen LogP contribution in [0.2, 0.25) is 0 Å². The molecule has 0 radical (unpaired) electrons. The highest BCUT2D eigenvalue weighted by Gasteiger charge is 2.43. The number of aromatic amines is 1. The van der Waals surface area contributed by atoms with Crippen LogP contribution in [0.3, 0.4) is 0 Å². The van der Waals surface area contributed by atoms with Gasteiger partial charge < -0.3 is 24.3 Å². The third kappa shape index (κ3) is 3.08. The van der Waals surface area contributed by atoms with Gasteiger partial charge >= 0.3 is 0 Å². The van der Waals surface area contributed by atoms with E-state index in [1.807, 2.05) is 19.1 Å². The fraction of sp³-hybridized carbons (Fsp3) is 0.167. The number of carbonyl (C=O) groups is 1. The Hall–Kier alpha value is -4.20. The van der Waals surface area contributed by atoms with Crippen molar-refractivity contribution in [3.05, 3.63) is 82.9 Å².